The van der Waals surface area contributed by atoms with Crippen LogP contribution in [0, 0.1) is 18.3 Å². The first kappa shape index (κ1) is 10.9. The highest BCUT2D eigenvalue weighted by atomic mass is 16.5. The van der Waals surface area contributed by atoms with Gasteiger partial charge in [0.2, 0.25) is 0 Å². The summed E-state index contributed by atoms with van der Waals surface area (Å²) in [6, 6.07) is 5.62. The largest absolute Gasteiger partial charge is 0.490 e. The quantitative estimate of drug-likeness (QED) is 0.813. The molecule has 1 fully saturated rings. The molecule has 0 unspecified atom stereocenters. The highest BCUT2D eigenvalue weighted by molar-refractivity contribution is 5.32. The minimum atomic E-state index is 0.259. The molecule has 0 aliphatic carbocycles. The van der Waals surface area contributed by atoms with Crippen molar-refractivity contribution in [2.45, 2.75) is 25.9 Å². The van der Waals surface area contributed by atoms with Crippen LogP contribution in [-0.4, -0.2) is 24.2 Å². The second-order valence-corrected chi connectivity index (χ2v) is 4.01. The first-order valence-electron chi connectivity index (χ1n) is 5.54. The zero-order valence-corrected chi connectivity index (χ0v) is 9.36. The van der Waals surface area contributed by atoms with Crippen molar-refractivity contribution >= 4 is 0 Å². The van der Waals surface area contributed by atoms with Gasteiger partial charge in [0.05, 0.1) is 0 Å². The summed E-state index contributed by atoms with van der Waals surface area (Å²) in [4.78, 5) is 4.09. The van der Waals surface area contributed by atoms with E-state index in [0.29, 0.717) is 5.69 Å². The van der Waals surface area contributed by atoms with Crippen molar-refractivity contribution in [3.8, 4) is 11.8 Å². The number of rotatable bonds is 2. The Hall–Kier alpha value is -1.60. The Labute approximate surface area is 95.3 Å². The van der Waals surface area contributed by atoms with Crippen molar-refractivity contribution in [2.24, 2.45) is 0 Å². The van der Waals surface area contributed by atoms with Crippen LogP contribution in [0.15, 0.2) is 12.1 Å². The molecule has 1 aliphatic heterocycles. The molecule has 0 radical (unpaired) electrons. The second kappa shape index (κ2) is 4.95. The van der Waals surface area contributed by atoms with E-state index in [1.165, 1.54) is 0 Å². The Morgan fingerprint density at radius 1 is 1.44 bits per heavy atom. The Morgan fingerprint density at radius 3 is 2.88 bits per heavy atom. The van der Waals surface area contributed by atoms with Crippen LogP contribution in [0.5, 0.6) is 5.75 Å². The van der Waals surface area contributed by atoms with Gasteiger partial charge >= 0.3 is 0 Å². The monoisotopic (exact) mass is 217 g/mol. The summed E-state index contributed by atoms with van der Waals surface area (Å²) >= 11 is 0. The maximum absolute atomic E-state index is 8.81. The summed E-state index contributed by atoms with van der Waals surface area (Å²) in [6.07, 6.45) is 2.29. The molecule has 1 aliphatic rings. The number of hydrogen-bond acceptors (Lipinski definition) is 4. The van der Waals surface area contributed by atoms with Crippen molar-refractivity contribution in [2.75, 3.05) is 13.1 Å². The van der Waals surface area contributed by atoms with Gasteiger partial charge in [0.25, 0.3) is 0 Å². The van der Waals surface area contributed by atoms with Crippen LogP contribution < -0.4 is 10.1 Å². The van der Waals surface area contributed by atoms with Gasteiger partial charge in [-0.2, -0.15) is 5.26 Å². The summed E-state index contributed by atoms with van der Waals surface area (Å²) < 4.78 is 5.85. The van der Waals surface area contributed by atoms with Gasteiger partial charge in [0.1, 0.15) is 23.6 Å². The number of piperidine rings is 1. The van der Waals surface area contributed by atoms with E-state index in [-0.39, 0.29) is 6.10 Å². The van der Waals surface area contributed by atoms with E-state index < -0.39 is 0 Å². The molecule has 1 aromatic heterocycles. The molecule has 1 saturated heterocycles. The third kappa shape index (κ3) is 2.71. The van der Waals surface area contributed by atoms with Gasteiger partial charge in [-0.15, -0.1) is 0 Å². The average molecular weight is 217 g/mol. The SMILES string of the molecule is Cc1cc(OC2CCNCC2)cc(C#N)n1. The predicted octanol–water partition coefficient (Wildman–Crippen LogP) is 1.39. The van der Waals surface area contributed by atoms with Crippen molar-refractivity contribution in [3.63, 3.8) is 0 Å². The molecule has 1 N–H and O–H groups in total. The highest BCUT2D eigenvalue weighted by Gasteiger charge is 2.14. The molecule has 0 saturated carbocycles. The molecule has 0 spiro atoms. The molecule has 84 valence electrons. The van der Waals surface area contributed by atoms with Gasteiger partial charge in [0, 0.05) is 17.8 Å². The highest BCUT2D eigenvalue weighted by Crippen LogP contribution is 2.18. The van der Waals surface area contributed by atoms with Crippen LogP contribution in [0.1, 0.15) is 24.2 Å². The number of aryl methyl sites for hydroxylation is 1. The van der Waals surface area contributed by atoms with Crippen molar-refractivity contribution < 1.29 is 4.74 Å². The van der Waals surface area contributed by atoms with E-state index in [1.807, 2.05) is 19.1 Å². The van der Waals surface area contributed by atoms with Gasteiger partial charge in [-0.25, -0.2) is 4.98 Å². The Kier molecular flexibility index (Phi) is 3.37. The van der Waals surface area contributed by atoms with Gasteiger partial charge < -0.3 is 10.1 Å². The molecule has 0 aromatic carbocycles. The van der Waals surface area contributed by atoms with Crippen molar-refractivity contribution in [1.82, 2.24) is 10.3 Å². The molecule has 0 bridgehead atoms. The van der Waals surface area contributed by atoms with Crippen molar-refractivity contribution in [1.29, 1.82) is 5.26 Å². The minimum absolute atomic E-state index is 0.259. The van der Waals surface area contributed by atoms with Gasteiger partial charge in [-0.1, -0.05) is 0 Å². The molecular weight excluding hydrogens is 202 g/mol. The van der Waals surface area contributed by atoms with Crippen LogP contribution in [0.25, 0.3) is 0 Å². The van der Waals surface area contributed by atoms with E-state index in [4.69, 9.17) is 10.00 Å². The summed E-state index contributed by atoms with van der Waals surface area (Å²) in [7, 11) is 0. The molecule has 2 heterocycles. The van der Waals surface area contributed by atoms with Gasteiger partial charge in [-0.3, -0.25) is 0 Å². The summed E-state index contributed by atoms with van der Waals surface area (Å²) in [6.45, 7) is 3.87. The first-order chi connectivity index (χ1) is 7.78. The lowest BCUT2D eigenvalue weighted by Crippen LogP contribution is -2.34. The van der Waals surface area contributed by atoms with E-state index in [2.05, 4.69) is 10.3 Å². The smallest absolute Gasteiger partial charge is 0.144 e. The first-order valence-corrected chi connectivity index (χ1v) is 5.54. The summed E-state index contributed by atoms with van der Waals surface area (Å²) in [5, 5.41) is 12.1. The third-order valence-corrected chi connectivity index (χ3v) is 2.63. The lowest BCUT2D eigenvalue weighted by Gasteiger charge is -2.23. The van der Waals surface area contributed by atoms with Crippen molar-refractivity contribution in [3.05, 3.63) is 23.5 Å². The topological polar surface area (TPSA) is 57.9 Å². The standard InChI is InChI=1S/C12H15N3O/c1-9-6-12(7-10(8-13)15-9)16-11-2-4-14-5-3-11/h6-7,11,14H,2-5H2,1H3. The predicted molar refractivity (Wildman–Crippen MR) is 60.2 cm³/mol. The number of hydrogen-bond donors (Lipinski definition) is 1. The van der Waals surface area contributed by atoms with E-state index in [9.17, 15) is 0 Å². The number of nitrogens with one attached hydrogen (secondary N) is 1. The summed E-state index contributed by atoms with van der Waals surface area (Å²) in [5.74, 6) is 0.760. The second-order valence-electron chi connectivity index (χ2n) is 4.01. The van der Waals surface area contributed by atoms with Gasteiger partial charge in [-0.05, 0) is 32.9 Å². The van der Waals surface area contributed by atoms with Crippen LogP contribution >= 0.6 is 0 Å². The van der Waals surface area contributed by atoms with E-state index >= 15 is 0 Å². The number of pyridine rings is 1. The fourth-order valence-corrected chi connectivity index (χ4v) is 1.87. The number of aromatic nitrogens is 1. The van der Waals surface area contributed by atoms with Crippen LogP contribution in [0.4, 0.5) is 0 Å². The zero-order chi connectivity index (χ0) is 11.4. The third-order valence-electron chi connectivity index (χ3n) is 2.63. The molecule has 0 atom stereocenters. The zero-order valence-electron chi connectivity index (χ0n) is 9.36. The normalized spacial score (nSPS) is 16.8. The molecular formula is C12H15N3O. The lowest BCUT2D eigenvalue weighted by molar-refractivity contribution is 0.162. The molecule has 0 amide bonds. The van der Waals surface area contributed by atoms with Crippen LogP contribution in [0.3, 0.4) is 0 Å². The Balaban J connectivity index is 2.08. The van der Waals surface area contributed by atoms with Gasteiger partial charge in [0.15, 0.2) is 0 Å². The van der Waals surface area contributed by atoms with E-state index in [1.54, 1.807) is 6.07 Å². The summed E-state index contributed by atoms with van der Waals surface area (Å²) in [5.41, 5.74) is 1.24. The number of nitriles is 1. The molecule has 4 nitrogen and oxygen atoms in total. The fraction of sp³-hybridized carbons (Fsp3) is 0.500. The number of ether oxygens (including phenoxy) is 1. The number of nitrogens with zero attached hydrogens (tertiary/aromatic N) is 2. The minimum Gasteiger partial charge on any atom is -0.490 e. The Bertz CT molecular complexity index is 405. The molecule has 2 rings (SSSR count). The maximum Gasteiger partial charge on any atom is 0.144 e. The maximum atomic E-state index is 8.81. The van der Waals surface area contributed by atoms with E-state index in [0.717, 1.165) is 37.4 Å². The fourth-order valence-electron chi connectivity index (χ4n) is 1.87. The molecule has 16 heavy (non-hydrogen) atoms. The average Bonchev–Trinajstić information content (AvgIpc) is 2.29. The van der Waals surface area contributed by atoms with Crippen LogP contribution in [0.2, 0.25) is 0 Å². The Morgan fingerprint density at radius 2 is 2.19 bits per heavy atom. The van der Waals surface area contributed by atoms with Crippen LogP contribution in [-0.2, 0) is 0 Å². The molecule has 4 heteroatoms. The molecule has 1 aromatic rings. The lowest BCUT2D eigenvalue weighted by atomic mass is 10.1.